The number of carbonyl (C=O) groups is 1. The molecule has 17 heavy (non-hydrogen) atoms. The average Bonchev–Trinajstić information content (AvgIpc) is 2.94. The lowest BCUT2D eigenvalue weighted by Crippen LogP contribution is -2.30. The molecule has 1 saturated carbocycles. The second-order valence-corrected chi connectivity index (χ2v) is 5.70. The van der Waals surface area contributed by atoms with Crippen LogP contribution < -0.4 is 11.3 Å². The molecule has 2 rings (SSSR count). The van der Waals surface area contributed by atoms with E-state index in [0.717, 1.165) is 22.3 Å². The van der Waals surface area contributed by atoms with Crippen LogP contribution in [0.2, 0.25) is 0 Å². The number of furan rings is 1. The molecule has 0 unspecified atom stereocenters. The average molecular weight is 254 g/mol. The number of nitrogen functional groups attached to an aromatic ring is 1. The summed E-state index contributed by atoms with van der Waals surface area (Å²) in [6.45, 7) is 1.86. The Balaban J connectivity index is 1.94. The second-order valence-electron chi connectivity index (χ2n) is 4.42. The van der Waals surface area contributed by atoms with Gasteiger partial charge in [0.2, 0.25) is 0 Å². The second kappa shape index (κ2) is 5.60. The molecular weight excluding hydrogens is 236 g/mol. The Morgan fingerprint density at radius 3 is 2.94 bits per heavy atom. The minimum Gasteiger partial charge on any atom is -0.455 e. The highest BCUT2D eigenvalue weighted by molar-refractivity contribution is 7.99. The molecule has 1 heterocycles. The smallest absolute Gasteiger partial charge is 0.301 e. The van der Waals surface area contributed by atoms with Gasteiger partial charge in [0.25, 0.3) is 0 Å². The Kier molecular flexibility index (Phi) is 4.12. The van der Waals surface area contributed by atoms with Gasteiger partial charge in [-0.15, -0.1) is 0 Å². The topological polar surface area (TPSA) is 68.3 Å². The molecule has 3 N–H and O–H groups in total. The van der Waals surface area contributed by atoms with Gasteiger partial charge in [-0.25, -0.2) is 5.84 Å². The first-order chi connectivity index (χ1) is 8.20. The van der Waals surface area contributed by atoms with Crippen LogP contribution in [0.4, 0.5) is 0 Å². The Bertz CT molecular complexity index is 397. The molecule has 0 saturated heterocycles. The predicted molar refractivity (Wildman–Crippen MR) is 68.6 cm³/mol. The molecular formula is C12H18N2O2S. The molecule has 1 fully saturated rings. The molecule has 4 nitrogen and oxygen atoms in total. The molecule has 1 aromatic rings. The summed E-state index contributed by atoms with van der Waals surface area (Å²) in [4.78, 5) is 11.4. The van der Waals surface area contributed by atoms with Crippen molar-refractivity contribution in [1.82, 2.24) is 5.43 Å². The van der Waals surface area contributed by atoms with Crippen LogP contribution in [0.25, 0.3) is 0 Å². The Morgan fingerprint density at radius 2 is 2.29 bits per heavy atom. The van der Waals surface area contributed by atoms with Crippen molar-refractivity contribution in [2.75, 3.05) is 0 Å². The van der Waals surface area contributed by atoms with E-state index in [-0.39, 0.29) is 5.91 Å². The van der Waals surface area contributed by atoms with Crippen molar-refractivity contribution in [1.29, 1.82) is 0 Å². The molecule has 5 heteroatoms. The van der Waals surface area contributed by atoms with Crippen molar-refractivity contribution in [2.45, 2.75) is 43.6 Å². The van der Waals surface area contributed by atoms with E-state index in [1.54, 1.807) is 0 Å². The largest absolute Gasteiger partial charge is 0.455 e. The molecule has 0 aromatic carbocycles. The SMILES string of the molecule is Cc1cc(CSC2CCCC2)oc1C(=O)NN. The van der Waals surface area contributed by atoms with Crippen LogP contribution in [0.15, 0.2) is 10.5 Å². The number of thioether (sulfide) groups is 1. The summed E-state index contributed by atoms with van der Waals surface area (Å²) in [5, 5.41) is 0.757. The zero-order valence-corrected chi connectivity index (χ0v) is 10.8. The van der Waals surface area contributed by atoms with Crippen LogP contribution in [0.5, 0.6) is 0 Å². The molecule has 0 atom stereocenters. The first kappa shape index (κ1) is 12.5. The summed E-state index contributed by atoms with van der Waals surface area (Å²) in [7, 11) is 0. The number of hydrogen-bond donors (Lipinski definition) is 2. The molecule has 0 spiro atoms. The van der Waals surface area contributed by atoms with Gasteiger partial charge in [-0.05, 0) is 25.8 Å². The van der Waals surface area contributed by atoms with E-state index in [2.05, 4.69) is 5.43 Å². The van der Waals surface area contributed by atoms with E-state index >= 15 is 0 Å². The van der Waals surface area contributed by atoms with E-state index in [0.29, 0.717) is 5.76 Å². The monoisotopic (exact) mass is 254 g/mol. The van der Waals surface area contributed by atoms with E-state index in [1.807, 2.05) is 24.8 Å². The Morgan fingerprint density at radius 1 is 1.59 bits per heavy atom. The third-order valence-corrected chi connectivity index (χ3v) is 4.46. The summed E-state index contributed by atoms with van der Waals surface area (Å²) in [5.41, 5.74) is 2.94. The van der Waals surface area contributed by atoms with Crippen molar-refractivity contribution in [3.05, 3.63) is 23.2 Å². The number of hydrazine groups is 1. The number of aryl methyl sites for hydroxylation is 1. The van der Waals surface area contributed by atoms with E-state index in [4.69, 9.17) is 10.3 Å². The maximum Gasteiger partial charge on any atom is 0.301 e. The van der Waals surface area contributed by atoms with Crippen LogP contribution in [-0.4, -0.2) is 11.2 Å². The van der Waals surface area contributed by atoms with Crippen molar-refractivity contribution < 1.29 is 9.21 Å². The van der Waals surface area contributed by atoms with Gasteiger partial charge in [-0.2, -0.15) is 11.8 Å². The Labute approximate surface area is 105 Å². The van der Waals surface area contributed by atoms with Crippen LogP contribution in [0, 0.1) is 6.92 Å². The fourth-order valence-corrected chi connectivity index (χ4v) is 3.37. The third-order valence-electron chi connectivity index (χ3n) is 3.07. The predicted octanol–water partition coefficient (Wildman–Crippen LogP) is 2.37. The quantitative estimate of drug-likeness (QED) is 0.492. The minimum atomic E-state index is -0.361. The van der Waals surface area contributed by atoms with Gasteiger partial charge in [-0.1, -0.05) is 12.8 Å². The molecule has 1 amide bonds. The molecule has 94 valence electrons. The summed E-state index contributed by atoms with van der Waals surface area (Å²) in [5.74, 6) is 6.75. The standard InChI is InChI=1S/C12H18N2O2S/c1-8-6-9(16-11(8)12(15)14-13)7-17-10-4-2-3-5-10/h6,10H,2-5,7,13H2,1H3,(H,14,15). The first-order valence-corrected chi connectivity index (χ1v) is 6.97. The number of amides is 1. The zero-order valence-electron chi connectivity index (χ0n) is 9.99. The number of rotatable bonds is 4. The molecule has 0 aliphatic heterocycles. The van der Waals surface area contributed by atoms with Crippen LogP contribution >= 0.6 is 11.8 Å². The molecule has 1 aromatic heterocycles. The summed E-state index contributed by atoms with van der Waals surface area (Å²) in [6, 6.07) is 1.92. The highest BCUT2D eigenvalue weighted by atomic mass is 32.2. The van der Waals surface area contributed by atoms with Crippen molar-refractivity contribution in [3.8, 4) is 0 Å². The maximum absolute atomic E-state index is 11.4. The highest BCUT2D eigenvalue weighted by Gasteiger charge is 2.18. The van der Waals surface area contributed by atoms with Gasteiger partial charge in [-0.3, -0.25) is 10.2 Å². The molecule has 0 bridgehead atoms. The van der Waals surface area contributed by atoms with Crippen LogP contribution in [-0.2, 0) is 5.75 Å². The van der Waals surface area contributed by atoms with Crippen LogP contribution in [0.1, 0.15) is 47.6 Å². The number of carbonyl (C=O) groups excluding carboxylic acids is 1. The number of hydrogen-bond acceptors (Lipinski definition) is 4. The van der Waals surface area contributed by atoms with Crippen LogP contribution in [0.3, 0.4) is 0 Å². The summed E-state index contributed by atoms with van der Waals surface area (Å²) < 4.78 is 5.51. The van der Waals surface area contributed by atoms with Gasteiger partial charge >= 0.3 is 5.91 Å². The number of nitrogens with two attached hydrogens (primary N) is 1. The van der Waals surface area contributed by atoms with E-state index < -0.39 is 0 Å². The first-order valence-electron chi connectivity index (χ1n) is 5.92. The molecule has 1 aliphatic rings. The van der Waals surface area contributed by atoms with Crippen molar-refractivity contribution >= 4 is 17.7 Å². The van der Waals surface area contributed by atoms with E-state index in [1.165, 1.54) is 25.7 Å². The summed E-state index contributed by atoms with van der Waals surface area (Å²) >= 11 is 1.92. The highest BCUT2D eigenvalue weighted by Crippen LogP contribution is 2.32. The lowest BCUT2D eigenvalue weighted by molar-refractivity contribution is 0.0923. The third kappa shape index (κ3) is 3.04. The lowest BCUT2D eigenvalue weighted by Gasteiger charge is -2.06. The van der Waals surface area contributed by atoms with Crippen molar-refractivity contribution in [2.24, 2.45) is 5.84 Å². The fourth-order valence-electron chi connectivity index (χ4n) is 2.17. The minimum absolute atomic E-state index is 0.328. The van der Waals surface area contributed by atoms with Gasteiger partial charge in [0.05, 0.1) is 5.75 Å². The van der Waals surface area contributed by atoms with Crippen molar-refractivity contribution in [3.63, 3.8) is 0 Å². The maximum atomic E-state index is 11.4. The lowest BCUT2D eigenvalue weighted by atomic mass is 10.2. The van der Waals surface area contributed by atoms with Gasteiger partial charge in [0.15, 0.2) is 5.76 Å². The molecule has 0 radical (unpaired) electrons. The van der Waals surface area contributed by atoms with E-state index in [9.17, 15) is 4.79 Å². The van der Waals surface area contributed by atoms with Gasteiger partial charge in [0, 0.05) is 10.8 Å². The Hall–Kier alpha value is -0.940. The fraction of sp³-hybridized carbons (Fsp3) is 0.583. The zero-order chi connectivity index (χ0) is 12.3. The van der Waals surface area contributed by atoms with Gasteiger partial charge in [0.1, 0.15) is 5.76 Å². The normalized spacial score (nSPS) is 16.4. The van der Waals surface area contributed by atoms with Gasteiger partial charge < -0.3 is 4.42 Å². The summed E-state index contributed by atoms with van der Waals surface area (Å²) in [6.07, 6.45) is 5.30. The molecule has 1 aliphatic carbocycles. The number of nitrogens with one attached hydrogen (secondary N) is 1.